The number of nitrogens with zero attached hydrogens (tertiary/aromatic N) is 2. The van der Waals surface area contributed by atoms with Crippen LogP contribution in [0.5, 0.6) is 0 Å². The summed E-state index contributed by atoms with van der Waals surface area (Å²) in [6.45, 7) is 7.35. The Bertz CT molecular complexity index is 1750. The lowest BCUT2D eigenvalue weighted by Gasteiger charge is -2.37. The smallest absolute Gasteiger partial charge is 0.316 e. The van der Waals surface area contributed by atoms with Crippen LogP contribution in [0, 0.1) is 11.8 Å². The molecule has 0 bridgehead atoms. The zero-order valence-electron chi connectivity index (χ0n) is 29.5. The maximum atomic E-state index is 16.1. The van der Waals surface area contributed by atoms with Crippen LogP contribution >= 0.6 is 0 Å². The first-order valence-electron chi connectivity index (χ1n) is 16.6. The lowest BCUT2D eigenvalue weighted by atomic mass is 9.94. The molecule has 0 saturated carbocycles. The second kappa shape index (κ2) is 16.3. The highest BCUT2D eigenvalue weighted by Crippen LogP contribution is 2.31. The van der Waals surface area contributed by atoms with Crippen LogP contribution in [0.2, 0.25) is 0 Å². The molecule has 1 aliphatic rings. The predicted molar refractivity (Wildman–Crippen MR) is 184 cm³/mol. The van der Waals surface area contributed by atoms with Gasteiger partial charge in [0.1, 0.15) is 18.1 Å². The van der Waals surface area contributed by atoms with Crippen LogP contribution in [-0.2, 0) is 30.8 Å². The van der Waals surface area contributed by atoms with Gasteiger partial charge < -0.3 is 5.73 Å². The number of ketones is 1. The lowest BCUT2D eigenvalue weighted by Crippen LogP contribution is -2.69. The van der Waals surface area contributed by atoms with E-state index in [0.29, 0.717) is 18.4 Å². The summed E-state index contributed by atoms with van der Waals surface area (Å²) in [5.74, 6) is -13.1. The van der Waals surface area contributed by atoms with E-state index in [4.69, 9.17) is 5.73 Å². The highest BCUT2D eigenvalue weighted by atomic mass is 32.2. The highest BCUT2D eigenvalue weighted by molar-refractivity contribution is 7.89. The first-order chi connectivity index (χ1) is 23.6. The van der Waals surface area contributed by atoms with Gasteiger partial charge in [-0.15, -0.1) is 0 Å². The fourth-order valence-electron chi connectivity index (χ4n) is 5.94. The maximum absolute atomic E-state index is 16.1. The number of carbonyl (C=O) groups excluding carboxylic acids is 6. The number of Topliss-reactive ketones (excluding diaryl/α,β-unsaturated/α-hetero) is 1. The molecule has 1 saturated heterocycles. The van der Waals surface area contributed by atoms with E-state index in [-0.39, 0.29) is 34.9 Å². The summed E-state index contributed by atoms with van der Waals surface area (Å²) in [6, 6.07) is 8.12. The zero-order chi connectivity index (χ0) is 38.5. The van der Waals surface area contributed by atoms with Crippen LogP contribution in [0.25, 0.3) is 0 Å². The van der Waals surface area contributed by atoms with Crippen LogP contribution in [0.1, 0.15) is 73.7 Å². The quantitative estimate of drug-likeness (QED) is 0.205. The molecule has 2 aromatic carbocycles. The van der Waals surface area contributed by atoms with Crippen molar-refractivity contribution in [1.82, 2.24) is 14.9 Å². The van der Waals surface area contributed by atoms with Gasteiger partial charge in [-0.3, -0.25) is 29.4 Å². The summed E-state index contributed by atoms with van der Waals surface area (Å²) in [5.41, 5.74) is 6.27. The van der Waals surface area contributed by atoms with Crippen LogP contribution < -0.4 is 15.8 Å². The molecule has 4 atom stereocenters. The molecule has 2 unspecified atom stereocenters. The van der Waals surface area contributed by atoms with Crippen LogP contribution in [0.4, 0.5) is 13.6 Å². The van der Waals surface area contributed by atoms with Crippen molar-refractivity contribution < 1.29 is 50.4 Å². The molecular formula is C35H46F2N5O8S+. The van der Waals surface area contributed by atoms with Crippen molar-refractivity contribution in [3.05, 3.63) is 71.3 Å². The summed E-state index contributed by atoms with van der Waals surface area (Å²) >= 11 is 0. The normalized spacial score (nSPS) is 18.9. The third-order valence-corrected chi connectivity index (χ3v) is 9.64. The standard InChI is InChI=1S/C35H45F2N5O8S/c1-21(2)27(38)32(46)42(20-10-11-23(42)5)34(48)39-28(22(3)4)29(43)35(36,37)33(47)41(19-18-24-12-8-7-9-13-24)31(45)26-16-14-25(15-17-26)30(44)40-51(6,49)50/h7-9,12-17,21-23,27-28H,10-11,18-20,38H2,1-6H3,(H-,39,40,44,48)/p+1/t23-,27+,28?,42?/m1/s1. The van der Waals surface area contributed by atoms with Crippen LogP contribution in [0.15, 0.2) is 54.6 Å². The molecular weight excluding hydrogens is 688 g/mol. The van der Waals surface area contributed by atoms with Crippen molar-refractivity contribution >= 4 is 45.5 Å². The SMILES string of the molecule is CC(C)C(NC(=O)[N+]1(C(=O)[C@@H](N)C(C)C)CCC[C@H]1C)C(=O)C(F)(F)C(=O)N(CCc1ccccc1)C(=O)c1ccc(C(=O)NS(C)(=O)=O)cc1. The van der Waals surface area contributed by atoms with Gasteiger partial charge in [0.2, 0.25) is 15.8 Å². The lowest BCUT2D eigenvalue weighted by molar-refractivity contribution is -0.785. The Morgan fingerprint density at radius 1 is 0.941 bits per heavy atom. The van der Waals surface area contributed by atoms with E-state index >= 15 is 8.78 Å². The van der Waals surface area contributed by atoms with Gasteiger partial charge in [0, 0.05) is 30.5 Å². The number of hydrogen-bond donors (Lipinski definition) is 3. The highest BCUT2D eigenvalue weighted by Gasteiger charge is 2.58. The van der Waals surface area contributed by atoms with Gasteiger partial charge in [0.25, 0.3) is 11.8 Å². The molecule has 13 nitrogen and oxygen atoms in total. The number of nitrogens with one attached hydrogen (secondary N) is 2. The van der Waals surface area contributed by atoms with Crippen molar-refractivity contribution in [3.63, 3.8) is 0 Å². The predicted octanol–water partition coefficient (Wildman–Crippen LogP) is 3.04. The van der Waals surface area contributed by atoms with E-state index in [0.717, 1.165) is 30.5 Å². The fourth-order valence-corrected chi connectivity index (χ4v) is 6.39. The third-order valence-electron chi connectivity index (χ3n) is 9.08. The monoisotopic (exact) mass is 734 g/mol. The first-order valence-corrected chi connectivity index (χ1v) is 18.5. The minimum atomic E-state index is -4.82. The molecule has 1 fully saturated rings. The average molecular weight is 735 g/mol. The third kappa shape index (κ3) is 9.28. The molecule has 51 heavy (non-hydrogen) atoms. The second-order valence-electron chi connectivity index (χ2n) is 13.6. The molecule has 1 heterocycles. The first kappa shape index (κ1) is 41.0. The van der Waals surface area contributed by atoms with Gasteiger partial charge in [-0.05, 0) is 55.0 Å². The van der Waals surface area contributed by atoms with Crippen molar-refractivity contribution in [2.24, 2.45) is 17.6 Å². The number of benzene rings is 2. The summed E-state index contributed by atoms with van der Waals surface area (Å²) in [6.07, 6.45) is 1.66. The Hall–Kier alpha value is -4.41. The average Bonchev–Trinajstić information content (AvgIpc) is 3.47. The second-order valence-corrected chi connectivity index (χ2v) is 15.3. The number of likely N-dealkylation sites (tertiary alicyclic amines) is 1. The van der Waals surface area contributed by atoms with Crippen molar-refractivity contribution in [3.8, 4) is 0 Å². The maximum Gasteiger partial charge on any atom is 0.424 e. The van der Waals surface area contributed by atoms with Crippen molar-refractivity contribution in [1.29, 1.82) is 0 Å². The zero-order valence-corrected chi connectivity index (χ0v) is 30.3. The van der Waals surface area contributed by atoms with Gasteiger partial charge in [-0.25, -0.2) is 22.7 Å². The minimum absolute atomic E-state index is 0.0526. The van der Waals surface area contributed by atoms with E-state index in [2.05, 4.69) is 5.32 Å². The number of nitrogens with two attached hydrogens (primary N) is 1. The van der Waals surface area contributed by atoms with Crippen molar-refractivity contribution in [2.45, 2.75) is 77.9 Å². The molecule has 0 spiro atoms. The summed E-state index contributed by atoms with van der Waals surface area (Å²) in [4.78, 5) is 80.9. The van der Waals surface area contributed by atoms with Crippen molar-refractivity contribution in [2.75, 3.05) is 19.3 Å². The number of carbonyl (C=O) groups is 6. The molecule has 0 aromatic heterocycles. The Balaban J connectivity index is 1.96. The van der Waals surface area contributed by atoms with E-state index in [1.165, 1.54) is 13.8 Å². The van der Waals surface area contributed by atoms with Gasteiger partial charge in [0.15, 0.2) is 0 Å². The van der Waals surface area contributed by atoms with Crippen LogP contribution in [-0.4, -0.2) is 96.6 Å². The topological polar surface area (TPSA) is 190 Å². The Kier molecular flexibility index (Phi) is 13.1. The fraction of sp³-hybridized carbons (Fsp3) is 0.486. The molecule has 3 rings (SSSR count). The molecule has 0 aliphatic carbocycles. The molecule has 16 heteroatoms. The van der Waals surface area contributed by atoms with E-state index in [1.807, 2.05) is 0 Å². The van der Waals surface area contributed by atoms with Gasteiger partial charge in [-0.2, -0.15) is 13.3 Å². The molecule has 0 radical (unpaired) electrons. The number of urea groups is 1. The Morgan fingerprint density at radius 3 is 2.00 bits per heavy atom. The van der Waals surface area contributed by atoms with E-state index < -0.39 is 86.5 Å². The minimum Gasteiger partial charge on any atom is -0.316 e. The van der Waals surface area contributed by atoms with E-state index in [1.54, 1.807) is 55.8 Å². The summed E-state index contributed by atoms with van der Waals surface area (Å²) in [7, 11) is -3.91. The van der Waals surface area contributed by atoms with Gasteiger partial charge in [-0.1, -0.05) is 58.0 Å². The molecule has 6 amide bonds. The summed E-state index contributed by atoms with van der Waals surface area (Å²) < 4.78 is 56.2. The number of alkyl halides is 2. The number of imide groups is 2. The van der Waals surface area contributed by atoms with Gasteiger partial charge in [0.05, 0.1) is 12.8 Å². The number of sulfonamides is 1. The molecule has 1 aliphatic heterocycles. The molecule has 2 aromatic rings. The Morgan fingerprint density at radius 2 is 1.51 bits per heavy atom. The van der Waals surface area contributed by atoms with E-state index in [9.17, 15) is 37.2 Å². The number of quaternary nitrogens is 1. The summed E-state index contributed by atoms with van der Waals surface area (Å²) in [5, 5.41) is 2.35. The van der Waals surface area contributed by atoms with Crippen LogP contribution in [0.3, 0.4) is 0 Å². The number of amides is 6. The molecule has 4 N–H and O–H groups in total. The molecule has 278 valence electrons. The number of rotatable bonds is 13. The van der Waals surface area contributed by atoms with Gasteiger partial charge >= 0.3 is 23.8 Å². The largest absolute Gasteiger partial charge is 0.424 e. The number of hydrogen-bond acceptors (Lipinski definition) is 9. The number of halogens is 2. The Labute approximate surface area is 296 Å².